The zero-order chi connectivity index (χ0) is 18.1. The fraction of sp³-hybridized carbons (Fsp3) is 0.167. The lowest BCUT2D eigenvalue weighted by atomic mass is 10.1. The lowest BCUT2D eigenvalue weighted by Crippen LogP contribution is -2.17. The molecule has 0 saturated heterocycles. The van der Waals surface area contributed by atoms with E-state index in [1.165, 1.54) is 17.8 Å². The number of thioether (sulfide) groups is 1. The maximum atomic E-state index is 9.68. The number of benzene rings is 2. The first-order valence-electron chi connectivity index (χ1n) is 8.04. The quantitative estimate of drug-likeness (QED) is 0.641. The minimum atomic E-state index is -0.535. The van der Waals surface area contributed by atoms with E-state index >= 15 is 0 Å². The zero-order valence-corrected chi connectivity index (χ0v) is 15.4. The minimum Gasteiger partial charge on any atom is -0.506 e. The fourth-order valence-corrected chi connectivity index (χ4v) is 3.37. The highest BCUT2D eigenvalue weighted by atomic mass is 35.5. The maximum Gasteiger partial charge on any atom is 0.247 e. The van der Waals surface area contributed by atoms with E-state index < -0.39 is 6.23 Å². The van der Waals surface area contributed by atoms with Crippen LogP contribution in [-0.4, -0.2) is 26.0 Å². The van der Waals surface area contributed by atoms with Gasteiger partial charge in [-0.2, -0.15) is 4.98 Å². The second kappa shape index (κ2) is 7.01. The highest BCUT2D eigenvalue weighted by Crippen LogP contribution is 2.40. The van der Waals surface area contributed by atoms with Crippen molar-refractivity contribution in [3.63, 3.8) is 0 Å². The van der Waals surface area contributed by atoms with Crippen LogP contribution in [-0.2, 0) is 0 Å². The van der Waals surface area contributed by atoms with Crippen molar-refractivity contribution in [2.45, 2.75) is 18.3 Å². The summed E-state index contributed by atoms with van der Waals surface area (Å²) in [5.41, 5.74) is 3.06. The van der Waals surface area contributed by atoms with Gasteiger partial charge in [0.15, 0.2) is 11.9 Å². The van der Waals surface area contributed by atoms with E-state index in [-0.39, 0.29) is 10.8 Å². The van der Waals surface area contributed by atoms with E-state index in [9.17, 15) is 5.11 Å². The van der Waals surface area contributed by atoms with Gasteiger partial charge in [0.2, 0.25) is 11.0 Å². The van der Waals surface area contributed by atoms with Crippen LogP contribution >= 0.6 is 23.4 Å². The average molecular weight is 387 g/mol. The van der Waals surface area contributed by atoms with Crippen LogP contribution in [0.15, 0.2) is 47.6 Å². The van der Waals surface area contributed by atoms with E-state index in [0.717, 1.165) is 22.6 Å². The third kappa shape index (κ3) is 3.15. The number of aromatic nitrogens is 3. The monoisotopic (exact) mass is 386 g/mol. The number of halogens is 1. The molecule has 0 unspecified atom stereocenters. The van der Waals surface area contributed by atoms with Gasteiger partial charge in [-0.15, -0.1) is 10.2 Å². The molecule has 1 atom stereocenters. The van der Waals surface area contributed by atoms with E-state index in [1.807, 2.05) is 31.2 Å². The topological polar surface area (TPSA) is 80.2 Å². The molecule has 2 aromatic carbocycles. The van der Waals surface area contributed by atoms with Crippen molar-refractivity contribution < 1.29 is 9.84 Å². The molecule has 2 N–H and O–H groups in total. The molecule has 0 fully saturated rings. The van der Waals surface area contributed by atoms with Crippen molar-refractivity contribution >= 4 is 29.1 Å². The van der Waals surface area contributed by atoms with Crippen molar-refractivity contribution in [1.82, 2.24) is 15.2 Å². The number of hydrogen-bond donors (Lipinski definition) is 2. The Bertz CT molecular complexity index is 970. The van der Waals surface area contributed by atoms with Crippen LogP contribution in [0.3, 0.4) is 0 Å². The van der Waals surface area contributed by atoms with E-state index in [4.69, 9.17) is 16.3 Å². The third-order valence-corrected chi connectivity index (χ3v) is 4.90. The van der Waals surface area contributed by atoms with Gasteiger partial charge in [-0.3, -0.25) is 0 Å². The molecule has 0 radical (unpaired) electrons. The normalized spacial score (nSPS) is 15.2. The second-order valence-corrected chi connectivity index (χ2v) is 7.22. The van der Waals surface area contributed by atoms with Crippen LogP contribution in [0.25, 0.3) is 11.3 Å². The Kier molecular flexibility index (Phi) is 4.57. The summed E-state index contributed by atoms with van der Waals surface area (Å²) in [5.74, 6) is 1.27. The van der Waals surface area contributed by atoms with Crippen molar-refractivity contribution in [2.24, 2.45) is 0 Å². The van der Waals surface area contributed by atoms with Crippen LogP contribution in [0, 0.1) is 0 Å². The Hall–Kier alpha value is -2.51. The summed E-state index contributed by atoms with van der Waals surface area (Å²) in [6.45, 7) is 2.03. The number of phenolic OH excluding ortho intramolecular Hbond substituents is 1. The summed E-state index contributed by atoms with van der Waals surface area (Å²) >= 11 is 7.56. The van der Waals surface area contributed by atoms with Crippen LogP contribution in [0.5, 0.6) is 11.6 Å². The van der Waals surface area contributed by atoms with Gasteiger partial charge < -0.3 is 15.2 Å². The Morgan fingerprint density at radius 3 is 2.88 bits per heavy atom. The predicted molar refractivity (Wildman–Crippen MR) is 102 cm³/mol. The molecule has 6 nitrogen and oxygen atoms in total. The van der Waals surface area contributed by atoms with E-state index in [0.29, 0.717) is 16.7 Å². The highest BCUT2D eigenvalue weighted by Gasteiger charge is 2.26. The van der Waals surface area contributed by atoms with Crippen molar-refractivity contribution in [2.75, 3.05) is 11.1 Å². The predicted octanol–water partition coefficient (Wildman–Crippen LogP) is 4.51. The number of rotatable bonds is 3. The molecule has 1 aromatic heterocycles. The van der Waals surface area contributed by atoms with Gasteiger partial charge in [-0.05, 0) is 30.0 Å². The van der Waals surface area contributed by atoms with Crippen molar-refractivity contribution in [3.05, 3.63) is 53.1 Å². The number of phenols is 1. The third-order valence-electron chi connectivity index (χ3n) is 3.88. The number of hydrogen-bond acceptors (Lipinski definition) is 7. The van der Waals surface area contributed by atoms with Gasteiger partial charge >= 0.3 is 0 Å². The summed E-state index contributed by atoms with van der Waals surface area (Å²) < 4.78 is 6.13. The van der Waals surface area contributed by atoms with Gasteiger partial charge in [0.25, 0.3) is 0 Å². The Morgan fingerprint density at radius 2 is 2.08 bits per heavy atom. The first-order chi connectivity index (χ1) is 12.7. The molecular weight excluding hydrogens is 372 g/mol. The van der Waals surface area contributed by atoms with Crippen molar-refractivity contribution in [1.29, 1.82) is 0 Å². The van der Waals surface area contributed by atoms with Gasteiger partial charge in [-0.25, -0.2) is 0 Å². The van der Waals surface area contributed by atoms with Crippen LogP contribution in [0.2, 0.25) is 5.02 Å². The highest BCUT2D eigenvalue weighted by molar-refractivity contribution is 7.99. The summed E-state index contributed by atoms with van der Waals surface area (Å²) in [6.07, 6.45) is -0.535. The smallest absolute Gasteiger partial charge is 0.247 e. The van der Waals surface area contributed by atoms with Crippen LogP contribution in [0.4, 0.5) is 5.69 Å². The molecule has 8 heteroatoms. The zero-order valence-electron chi connectivity index (χ0n) is 13.8. The SMILES string of the molecule is CCSc1nnc2c(n1)O[C@@H](c1ccc(O)c(Cl)c1)Nc1ccccc1-2. The second-order valence-electron chi connectivity index (χ2n) is 5.58. The molecule has 0 amide bonds. The van der Waals surface area contributed by atoms with Gasteiger partial charge in [-0.1, -0.05) is 48.5 Å². The first kappa shape index (κ1) is 16.9. The molecule has 2 heterocycles. The summed E-state index contributed by atoms with van der Waals surface area (Å²) in [6, 6.07) is 12.7. The molecule has 132 valence electrons. The van der Waals surface area contributed by atoms with E-state index in [2.05, 4.69) is 20.5 Å². The summed E-state index contributed by atoms with van der Waals surface area (Å²) in [7, 11) is 0. The Morgan fingerprint density at radius 1 is 1.23 bits per heavy atom. The molecule has 4 rings (SSSR count). The number of nitrogens with zero attached hydrogens (tertiary/aromatic N) is 3. The van der Waals surface area contributed by atoms with Gasteiger partial charge in [0, 0.05) is 16.8 Å². The van der Waals surface area contributed by atoms with Crippen LogP contribution in [0.1, 0.15) is 18.7 Å². The van der Waals surface area contributed by atoms with Crippen LogP contribution < -0.4 is 10.1 Å². The molecule has 1 aliphatic heterocycles. The molecule has 0 saturated carbocycles. The Balaban J connectivity index is 1.83. The number of anilines is 1. The number of fused-ring (bicyclic) bond motifs is 3. The minimum absolute atomic E-state index is 0.0236. The Labute approximate surface area is 159 Å². The maximum absolute atomic E-state index is 9.68. The fourth-order valence-electron chi connectivity index (χ4n) is 2.67. The van der Waals surface area contributed by atoms with Gasteiger partial charge in [0.1, 0.15) is 5.75 Å². The number of ether oxygens (including phenoxy) is 1. The molecular formula is C18H15ClN4O2S. The number of aromatic hydroxyl groups is 1. The molecule has 0 spiro atoms. The average Bonchev–Trinajstić information content (AvgIpc) is 2.81. The molecule has 1 aliphatic rings. The summed E-state index contributed by atoms with van der Waals surface area (Å²) in [5, 5.41) is 22.4. The summed E-state index contributed by atoms with van der Waals surface area (Å²) in [4.78, 5) is 4.52. The molecule has 0 bridgehead atoms. The van der Waals surface area contributed by atoms with Crippen molar-refractivity contribution in [3.8, 4) is 22.9 Å². The number of nitrogens with one attached hydrogen (secondary N) is 1. The lowest BCUT2D eigenvalue weighted by molar-refractivity contribution is 0.225. The van der Waals surface area contributed by atoms with E-state index in [1.54, 1.807) is 12.1 Å². The van der Waals surface area contributed by atoms with Gasteiger partial charge in [0.05, 0.1) is 5.02 Å². The first-order valence-corrected chi connectivity index (χ1v) is 9.40. The largest absolute Gasteiger partial charge is 0.506 e. The molecule has 26 heavy (non-hydrogen) atoms. The standard InChI is InChI=1S/C18H15ClN4O2S/c1-2-26-18-21-17-15(22-23-18)11-5-3-4-6-13(11)20-16(25-17)10-7-8-14(24)12(19)9-10/h3-9,16,20,24H,2H2,1H3/t16-/m0/s1. The number of para-hydroxylation sites is 1. The molecule has 0 aliphatic carbocycles. The molecule has 3 aromatic rings. The lowest BCUT2D eigenvalue weighted by Gasteiger charge is -2.19.